The highest BCUT2D eigenvalue weighted by Gasteiger charge is 2.15. The molecule has 0 spiro atoms. The average Bonchev–Trinajstić information content (AvgIpc) is 3.23. The van der Waals surface area contributed by atoms with Crippen molar-refractivity contribution in [3.05, 3.63) is 194 Å². The molecule has 0 aliphatic heterocycles. The van der Waals surface area contributed by atoms with E-state index in [-0.39, 0.29) is 0 Å². The normalized spacial score (nSPS) is 12.1. The Balaban J connectivity index is 1.03. The van der Waals surface area contributed by atoms with Crippen LogP contribution < -0.4 is 0 Å². The molecule has 0 unspecified atom stereocenters. The quantitative estimate of drug-likeness (QED) is 0.125. The number of benzene rings is 12. The van der Waals surface area contributed by atoms with Gasteiger partial charge in [-0.05, 0) is 168 Å². The van der Waals surface area contributed by atoms with E-state index in [0.29, 0.717) is 0 Å². The van der Waals surface area contributed by atoms with E-state index in [9.17, 15) is 0 Å². The lowest BCUT2D eigenvalue weighted by Gasteiger charge is -2.15. The first-order valence-electron chi connectivity index (χ1n) is 19.2. The first-order valence-corrected chi connectivity index (χ1v) is 19.2. The fraction of sp³-hybridized carbons (Fsp3) is 0.0182. The Morgan fingerprint density at radius 1 is 0.200 bits per heavy atom. The summed E-state index contributed by atoms with van der Waals surface area (Å²) >= 11 is 0. The molecule has 0 atom stereocenters. The van der Waals surface area contributed by atoms with Crippen LogP contribution in [-0.2, 0) is 0 Å². The van der Waals surface area contributed by atoms with Crippen LogP contribution in [0.1, 0.15) is 5.56 Å². The summed E-state index contributed by atoms with van der Waals surface area (Å²) in [5, 5.41) is 23.1. The molecule has 55 heavy (non-hydrogen) atoms. The molecule has 254 valence electrons. The Kier molecular flexibility index (Phi) is 6.36. The molecule has 0 fully saturated rings. The summed E-state index contributed by atoms with van der Waals surface area (Å²) < 4.78 is 0. The topological polar surface area (TPSA) is 0 Å². The number of hydrogen-bond donors (Lipinski definition) is 0. The van der Waals surface area contributed by atoms with Gasteiger partial charge in [-0.25, -0.2) is 0 Å². The average molecular weight is 695 g/mol. The Morgan fingerprint density at radius 3 is 1.09 bits per heavy atom. The standard InChI is InChI=1S/C55H34/c1-33-9-4-14-42-41(33)24-21-39-31-52-36(29-54(39)42)12-5-15-46(52)44-18-8-20-48-50(44)26-23-40-32-53-37(30-55(40)48)13-6-16-45(53)43-17-7-19-47-49(43)25-22-38-27-34-10-2-3-11-35(34)28-51(38)47/h2-32H,1H3. The van der Waals surface area contributed by atoms with Gasteiger partial charge in [0.1, 0.15) is 0 Å². The fourth-order valence-electron chi connectivity index (χ4n) is 9.61. The number of aryl methyl sites for hydroxylation is 1. The molecule has 0 bridgehead atoms. The van der Waals surface area contributed by atoms with Crippen LogP contribution in [0.5, 0.6) is 0 Å². The van der Waals surface area contributed by atoms with Crippen molar-refractivity contribution < 1.29 is 0 Å². The van der Waals surface area contributed by atoms with Crippen molar-refractivity contribution in [3.8, 4) is 22.3 Å². The summed E-state index contributed by atoms with van der Waals surface area (Å²) in [6, 6.07) is 70.6. The molecule has 0 aliphatic rings. The van der Waals surface area contributed by atoms with E-state index >= 15 is 0 Å². The van der Waals surface area contributed by atoms with Gasteiger partial charge >= 0.3 is 0 Å². The second-order valence-corrected chi connectivity index (χ2v) is 15.3. The maximum atomic E-state index is 2.41. The van der Waals surface area contributed by atoms with Gasteiger partial charge in [-0.15, -0.1) is 0 Å². The Labute approximate surface area is 318 Å². The molecule has 0 amide bonds. The molecule has 12 aromatic carbocycles. The molecule has 12 aromatic rings. The lowest BCUT2D eigenvalue weighted by atomic mass is 9.88. The second kappa shape index (κ2) is 11.5. The zero-order valence-electron chi connectivity index (χ0n) is 30.4. The zero-order valence-corrected chi connectivity index (χ0v) is 30.4. The SMILES string of the molecule is Cc1cccc2c1ccc1cc3c(-c4cccc5c4ccc4cc6c(-c7cccc8c7ccc7cc9ccccc9cc78)cccc6cc45)cccc3cc12. The minimum absolute atomic E-state index is 1.26. The minimum atomic E-state index is 1.26. The zero-order chi connectivity index (χ0) is 36.2. The molecule has 0 aliphatic carbocycles. The number of rotatable bonds is 2. The van der Waals surface area contributed by atoms with Crippen LogP contribution in [0.15, 0.2) is 188 Å². The predicted molar refractivity (Wildman–Crippen MR) is 240 cm³/mol. The lowest BCUT2D eigenvalue weighted by Crippen LogP contribution is -1.88. The molecule has 0 nitrogen and oxygen atoms in total. The van der Waals surface area contributed by atoms with Crippen molar-refractivity contribution in [2.24, 2.45) is 0 Å². The second-order valence-electron chi connectivity index (χ2n) is 15.3. The molecule has 0 radical (unpaired) electrons. The lowest BCUT2D eigenvalue weighted by molar-refractivity contribution is 1.54. The maximum absolute atomic E-state index is 2.41. The molecule has 0 heteroatoms. The molecular weight excluding hydrogens is 661 g/mol. The van der Waals surface area contributed by atoms with Gasteiger partial charge in [-0.3, -0.25) is 0 Å². The summed E-state index contributed by atoms with van der Waals surface area (Å²) in [6.45, 7) is 2.20. The van der Waals surface area contributed by atoms with Crippen LogP contribution in [0.4, 0.5) is 0 Å². The van der Waals surface area contributed by atoms with Crippen molar-refractivity contribution in [2.75, 3.05) is 0 Å². The Hall–Kier alpha value is -7.02. The predicted octanol–water partition coefficient (Wildman–Crippen LogP) is 15.7. The van der Waals surface area contributed by atoms with Crippen LogP contribution in [-0.4, -0.2) is 0 Å². The number of hydrogen-bond acceptors (Lipinski definition) is 0. The summed E-state index contributed by atoms with van der Waals surface area (Å²) in [5.41, 5.74) is 6.40. The van der Waals surface area contributed by atoms with Crippen LogP contribution in [0.3, 0.4) is 0 Å². The third kappa shape index (κ3) is 4.52. The summed E-state index contributed by atoms with van der Waals surface area (Å²) in [6.07, 6.45) is 0. The first-order chi connectivity index (χ1) is 27.2. The molecule has 0 saturated carbocycles. The highest BCUT2D eigenvalue weighted by Crippen LogP contribution is 2.42. The van der Waals surface area contributed by atoms with Gasteiger partial charge in [0, 0.05) is 0 Å². The van der Waals surface area contributed by atoms with Gasteiger partial charge in [0.15, 0.2) is 0 Å². The third-order valence-corrected chi connectivity index (χ3v) is 12.3. The van der Waals surface area contributed by atoms with Gasteiger partial charge in [-0.1, -0.05) is 152 Å². The molecular formula is C55H34. The van der Waals surface area contributed by atoms with Crippen LogP contribution >= 0.6 is 0 Å². The monoisotopic (exact) mass is 694 g/mol. The van der Waals surface area contributed by atoms with Crippen molar-refractivity contribution in [2.45, 2.75) is 6.92 Å². The van der Waals surface area contributed by atoms with Crippen molar-refractivity contribution >= 4 is 97.0 Å². The smallest absolute Gasteiger partial charge is 0.00987 e. The Bertz CT molecular complexity index is 3600. The van der Waals surface area contributed by atoms with Crippen LogP contribution in [0, 0.1) is 6.92 Å². The Morgan fingerprint density at radius 2 is 0.545 bits per heavy atom. The van der Waals surface area contributed by atoms with Gasteiger partial charge in [-0.2, -0.15) is 0 Å². The summed E-state index contributed by atoms with van der Waals surface area (Å²) in [5.74, 6) is 0. The van der Waals surface area contributed by atoms with Crippen LogP contribution in [0.25, 0.3) is 119 Å². The minimum Gasteiger partial charge on any atom is -0.0616 e. The van der Waals surface area contributed by atoms with Gasteiger partial charge in [0.05, 0.1) is 0 Å². The highest BCUT2D eigenvalue weighted by molar-refractivity contribution is 6.21. The van der Waals surface area contributed by atoms with Crippen molar-refractivity contribution in [1.29, 1.82) is 0 Å². The van der Waals surface area contributed by atoms with Gasteiger partial charge < -0.3 is 0 Å². The van der Waals surface area contributed by atoms with E-state index in [1.54, 1.807) is 0 Å². The van der Waals surface area contributed by atoms with Gasteiger partial charge in [0.2, 0.25) is 0 Å². The maximum Gasteiger partial charge on any atom is -0.00987 e. The van der Waals surface area contributed by atoms with Crippen molar-refractivity contribution in [3.63, 3.8) is 0 Å². The van der Waals surface area contributed by atoms with Crippen molar-refractivity contribution in [1.82, 2.24) is 0 Å². The summed E-state index contributed by atoms with van der Waals surface area (Å²) in [4.78, 5) is 0. The first kappa shape index (κ1) is 30.4. The van der Waals surface area contributed by atoms with E-state index < -0.39 is 0 Å². The molecule has 0 N–H and O–H groups in total. The molecule has 0 heterocycles. The molecule has 0 saturated heterocycles. The fourth-order valence-corrected chi connectivity index (χ4v) is 9.61. The third-order valence-electron chi connectivity index (χ3n) is 12.3. The molecule has 12 rings (SSSR count). The van der Waals surface area contributed by atoms with E-state index in [0.717, 1.165) is 0 Å². The largest absolute Gasteiger partial charge is 0.0616 e. The number of fused-ring (bicyclic) bond motifs is 12. The van der Waals surface area contributed by atoms with Crippen LogP contribution in [0.2, 0.25) is 0 Å². The van der Waals surface area contributed by atoms with E-state index in [1.165, 1.54) is 125 Å². The van der Waals surface area contributed by atoms with Gasteiger partial charge in [0.25, 0.3) is 0 Å². The highest BCUT2D eigenvalue weighted by atomic mass is 14.2. The van der Waals surface area contributed by atoms with E-state index in [2.05, 4.69) is 195 Å². The molecule has 0 aromatic heterocycles. The summed E-state index contributed by atoms with van der Waals surface area (Å²) in [7, 11) is 0. The van der Waals surface area contributed by atoms with E-state index in [1.807, 2.05) is 0 Å². The van der Waals surface area contributed by atoms with E-state index in [4.69, 9.17) is 0 Å².